The minimum atomic E-state index is -1.71. The van der Waals surface area contributed by atoms with Gasteiger partial charge in [-0.2, -0.15) is 5.01 Å². The number of benzene rings is 4. The first-order valence-electron chi connectivity index (χ1n) is 19.2. The largest absolute Gasteiger partial charge is 0.508 e. The minimum Gasteiger partial charge on any atom is -0.508 e. The predicted octanol–water partition coefficient (Wildman–Crippen LogP) is 6.61. The van der Waals surface area contributed by atoms with E-state index in [1.807, 2.05) is 0 Å². The Morgan fingerprint density at radius 3 is 2.21 bits per heavy atom. The Labute approximate surface area is 350 Å². The maximum atomic E-state index is 15.4. The number of hydrogen-bond acceptors (Lipinski definition) is 12. The van der Waals surface area contributed by atoms with Crippen molar-refractivity contribution in [2.45, 2.75) is 24.7 Å². The number of nitro groups is 2. The number of carbonyl (C=O) groups is 4. The fourth-order valence-corrected chi connectivity index (χ4v) is 10.3. The van der Waals surface area contributed by atoms with Crippen LogP contribution in [0.5, 0.6) is 11.5 Å². The highest BCUT2D eigenvalue weighted by Gasteiger charge is 2.71. The molecule has 18 heteroatoms. The molecule has 0 bridgehead atoms. The average molecular weight is 849 g/mol. The first kappa shape index (κ1) is 39.3. The summed E-state index contributed by atoms with van der Waals surface area (Å²) in [6.07, 6.45) is 3.31. The number of phenolic OH excluding ortho intramolecular Hbond substituents is 1. The van der Waals surface area contributed by atoms with Crippen LogP contribution in [0.25, 0.3) is 0 Å². The maximum Gasteiger partial charge on any atom is 0.301 e. The lowest BCUT2D eigenvalue weighted by atomic mass is 9.48. The number of halogens is 2. The molecule has 61 heavy (non-hydrogen) atoms. The molecule has 4 amide bonds. The fraction of sp³-hybridized carbons (Fsp3) is 0.256. The summed E-state index contributed by atoms with van der Waals surface area (Å²) in [6.45, 7) is 0. The Hall–Kier alpha value is -7.14. The summed E-state index contributed by atoms with van der Waals surface area (Å²) in [6, 6.07) is 18.1. The van der Waals surface area contributed by atoms with Crippen molar-refractivity contribution in [3.8, 4) is 11.5 Å². The van der Waals surface area contributed by atoms with Crippen LogP contribution in [0.3, 0.4) is 0 Å². The van der Waals surface area contributed by atoms with Gasteiger partial charge in [0.25, 0.3) is 11.8 Å². The lowest BCUT2D eigenvalue weighted by molar-refractivity contribution is -0.392. The predicted molar refractivity (Wildman–Crippen MR) is 217 cm³/mol. The molecule has 3 fully saturated rings. The van der Waals surface area contributed by atoms with Gasteiger partial charge in [0.05, 0.1) is 50.7 Å². The van der Waals surface area contributed by atoms with Crippen molar-refractivity contribution in [1.82, 2.24) is 5.01 Å². The number of amides is 4. The summed E-state index contributed by atoms with van der Waals surface area (Å²) in [7, 11) is 2.79. The highest BCUT2D eigenvalue weighted by molar-refractivity contribution is 6.30. The van der Waals surface area contributed by atoms with Crippen LogP contribution in [0.1, 0.15) is 24.0 Å². The van der Waals surface area contributed by atoms with E-state index in [4.69, 9.17) is 16.3 Å². The minimum absolute atomic E-state index is 0.0133. The number of imide groups is 2. The van der Waals surface area contributed by atoms with Gasteiger partial charge in [0, 0.05) is 49.2 Å². The number of ether oxygens (including phenoxy) is 1. The third-order valence-corrected chi connectivity index (χ3v) is 12.8. The molecule has 0 spiro atoms. The number of nitrogens with zero attached hydrogens (tertiary/aromatic N) is 5. The zero-order valence-corrected chi connectivity index (χ0v) is 33.0. The first-order chi connectivity index (χ1) is 29.1. The van der Waals surface area contributed by atoms with Crippen molar-refractivity contribution < 1.29 is 43.3 Å². The molecule has 310 valence electrons. The highest BCUT2D eigenvalue weighted by atomic mass is 35.5. The van der Waals surface area contributed by atoms with Gasteiger partial charge in [0.15, 0.2) is 5.69 Å². The molecular formula is C43H34ClFN6O10. The van der Waals surface area contributed by atoms with Gasteiger partial charge in [-0.1, -0.05) is 35.4 Å². The number of hydrazine groups is 1. The molecule has 0 radical (unpaired) electrons. The number of anilines is 3. The number of allylic oxidation sites excluding steroid dienone is 3. The van der Waals surface area contributed by atoms with Gasteiger partial charge in [-0.3, -0.25) is 44.8 Å². The van der Waals surface area contributed by atoms with E-state index in [1.165, 1.54) is 61.7 Å². The van der Waals surface area contributed by atoms with Gasteiger partial charge < -0.3 is 14.7 Å². The van der Waals surface area contributed by atoms with Gasteiger partial charge in [-0.25, -0.2) is 9.29 Å². The van der Waals surface area contributed by atoms with Gasteiger partial charge >= 0.3 is 11.4 Å². The van der Waals surface area contributed by atoms with E-state index in [2.05, 4.69) is 5.43 Å². The molecule has 4 aromatic carbocycles. The van der Waals surface area contributed by atoms with Crippen LogP contribution in [-0.2, 0) is 31.0 Å². The standard InChI is InChI=1S/C43H34ClFN6O10/c1-47(2)38-33(50(57)58)17-27(18-34(38)51(59)60)48-39(53)30-13-12-29-31(36(30)41(48)55)19-32-40(54)49(46-26-9-7-25(45)8-10-26)42(56)43(32,23-3-5-24(44)6-4-23)37(29)22-15-21-16-28(52)11-14-35(21)61-20-22/h3-12,14,16-18,20,30-32,36-37,46,52H,13,15,19H2,1-2H3/t30-,31+,32-,36-,37-,43+/m0/s1. The molecule has 6 atom stereocenters. The smallest absolute Gasteiger partial charge is 0.301 e. The molecule has 3 heterocycles. The molecule has 9 rings (SSSR count). The van der Waals surface area contributed by atoms with Crippen LogP contribution in [0.15, 0.2) is 102 Å². The Balaban J connectivity index is 1.21. The van der Waals surface area contributed by atoms with Crippen LogP contribution in [0.4, 0.5) is 32.8 Å². The normalized spacial score (nSPS) is 25.1. The second-order valence-corrected chi connectivity index (χ2v) is 16.3. The molecule has 0 unspecified atom stereocenters. The van der Waals surface area contributed by atoms with E-state index >= 15 is 4.79 Å². The van der Waals surface area contributed by atoms with E-state index in [9.17, 15) is 44.1 Å². The Morgan fingerprint density at radius 1 is 0.902 bits per heavy atom. The Morgan fingerprint density at radius 2 is 1.57 bits per heavy atom. The van der Waals surface area contributed by atoms with Crippen molar-refractivity contribution >= 4 is 63.7 Å². The number of fused-ring (bicyclic) bond motifs is 5. The van der Waals surface area contributed by atoms with Crippen LogP contribution in [0, 0.1) is 55.6 Å². The number of rotatable bonds is 8. The number of nitro benzene ring substituents is 2. The van der Waals surface area contributed by atoms with Crippen LogP contribution in [0.2, 0.25) is 5.02 Å². The van der Waals surface area contributed by atoms with Crippen molar-refractivity contribution in [2.75, 3.05) is 29.3 Å². The average Bonchev–Trinajstić information content (AvgIpc) is 3.61. The van der Waals surface area contributed by atoms with Crippen molar-refractivity contribution in [2.24, 2.45) is 29.6 Å². The zero-order valence-electron chi connectivity index (χ0n) is 32.3. The van der Waals surface area contributed by atoms with Gasteiger partial charge in [-0.05, 0) is 84.5 Å². The third kappa shape index (κ3) is 5.93. The van der Waals surface area contributed by atoms with Crippen LogP contribution in [-0.4, -0.2) is 57.7 Å². The quantitative estimate of drug-likeness (QED) is 0.0832. The third-order valence-electron chi connectivity index (χ3n) is 12.6. The van der Waals surface area contributed by atoms with E-state index in [0.29, 0.717) is 33.0 Å². The second-order valence-electron chi connectivity index (χ2n) is 15.9. The van der Waals surface area contributed by atoms with Gasteiger partial charge in [-0.15, -0.1) is 0 Å². The monoisotopic (exact) mass is 848 g/mol. The molecule has 3 aliphatic heterocycles. The lowest BCUT2D eigenvalue weighted by Gasteiger charge is -2.51. The fourth-order valence-electron chi connectivity index (χ4n) is 10.2. The van der Waals surface area contributed by atoms with Gasteiger partial charge in [0.1, 0.15) is 17.3 Å². The summed E-state index contributed by atoms with van der Waals surface area (Å²) in [5, 5.41) is 36.3. The van der Waals surface area contributed by atoms with Crippen LogP contribution >= 0.6 is 11.6 Å². The van der Waals surface area contributed by atoms with E-state index in [-0.39, 0.29) is 42.1 Å². The van der Waals surface area contributed by atoms with E-state index in [0.717, 1.165) is 22.0 Å². The van der Waals surface area contributed by atoms with Crippen molar-refractivity contribution in [3.05, 3.63) is 145 Å². The number of hydrogen-bond donors (Lipinski definition) is 2. The molecule has 2 N–H and O–H groups in total. The van der Waals surface area contributed by atoms with E-state index in [1.54, 1.807) is 36.4 Å². The summed E-state index contributed by atoms with van der Waals surface area (Å²) in [4.78, 5) is 84.5. The van der Waals surface area contributed by atoms with Crippen molar-refractivity contribution in [1.29, 1.82) is 0 Å². The lowest BCUT2D eigenvalue weighted by Crippen LogP contribution is -2.55. The number of nitrogens with one attached hydrogen (secondary N) is 1. The molecule has 2 saturated heterocycles. The second kappa shape index (κ2) is 14.3. The molecule has 4 aromatic rings. The molecule has 5 aliphatic rings. The van der Waals surface area contributed by atoms with Gasteiger partial charge in [0.2, 0.25) is 11.8 Å². The summed E-state index contributed by atoms with van der Waals surface area (Å²) >= 11 is 6.38. The van der Waals surface area contributed by atoms with E-state index < -0.39 is 85.7 Å². The summed E-state index contributed by atoms with van der Waals surface area (Å²) in [5.41, 5.74) is 1.47. The first-order valence-corrected chi connectivity index (χ1v) is 19.6. The molecular weight excluding hydrogens is 815 g/mol. The van der Waals surface area contributed by atoms with Crippen LogP contribution < -0.4 is 20.0 Å². The summed E-state index contributed by atoms with van der Waals surface area (Å²) in [5.74, 6) is -8.16. The number of carbonyl (C=O) groups excluding carboxylic acids is 4. The topological polar surface area (TPSA) is 206 Å². The maximum absolute atomic E-state index is 15.4. The Bertz CT molecular complexity index is 2650. The number of aromatic hydroxyl groups is 1. The SMILES string of the molecule is CN(C)c1c([N+](=O)[O-])cc(N2C(=O)[C@H]3[C@H](CC=C4[C@H](C5=COc6ccc(O)cc6C5)[C@]5(c6ccc(Cl)cc6)C(=O)N(Nc6ccc(F)cc6)C(=O)[C@@H]5C[C@H]43)C2=O)cc1[N+](=O)[O-]. The number of phenols is 1. The summed E-state index contributed by atoms with van der Waals surface area (Å²) < 4.78 is 20.1. The molecule has 16 nitrogen and oxygen atoms in total. The molecule has 0 aromatic heterocycles. The Kier molecular flexibility index (Phi) is 9.19. The highest BCUT2D eigenvalue weighted by Crippen LogP contribution is 2.63. The van der Waals surface area contributed by atoms with Crippen molar-refractivity contribution in [3.63, 3.8) is 0 Å². The molecule has 1 saturated carbocycles. The molecule has 2 aliphatic carbocycles. The zero-order chi connectivity index (χ0) is 43.2.